The Hall–Kier alpha value is -2.53. The highest BCUT2D eigenvalue weighted by Gasteiger charge is 2.29. The Labute approximate surface area is 158 Å². The van der Waals surface area contributed by atoms with Crippen molar-refractivity contribution in [1.29, 1.82) is 0 Å². The van der Waals surface area contributed by atoms with Crippen molar-refractivity contribution in [2.24, 2.45) is 5.92 Å². The largest absolute Gasteiger partial charge is 0.334 e. The highest BCUT2D eigenvalue weighted by molar-refractivity contribution is 6.30. The van der Waals surface area contributed by atoms with Gasteiger partial charge in [0.15, 0.2) is 0 Å². The molecule has 2 aromatic carbocycles. The minimum absolute atomic E-state index is 0.0777. The van der Waals surface area contributed by atoms with E-state index in [1.54, 1.807) is 11.9 Å². The van der Waals surface area contributed by atoms with Crippen molar-refractivity contribution in [3.8, 4) is 0 Å². The number of carbonyl (C=O) groups excluding carboxylic acids is 2. The molecule has 0 aromatic heterocycles. The third-order valence-corrected chi connectivity index (χ3v) is 4.52. The van der Waals surface area contributed by atoms with E-state index in [2.05, 4.69) is 10.6 Å². The maximum absolute atomic E-state index is 12.3. The van der Waals surface area contributed by atoms with Crippen LogP contribution in [0.1, 0.15) is 24.0 Å². The number of nitrogens with one attached hydrogen (secondary N) is 2. The van der Waals surface area contributed by atoms with Crippen LogP contribution < -0.4 is 10.6 Å². The molecule has 0 atom stereocenters. The fourth-order valence-corrected chi connectivity index (χ4v) is 2.72. The van der Waals surface area contributed by atoms with Gasteiger partial charge in [0.1, 0.15) is 0 Å². The van der Waals surface area contributed by atoms with Gasteiger partial charge in [-0.2, -0.15) is 0 Å². The smallest absolute Gasteiger partial charge is 0.317 e. The Morgan fingerprint density at radius 3 is 2.54 bits per heavy atom. The summed E-state index contributed by atoms with van der Waals surface area (Å²) in [4.78, 5) is 25.7. The monoisotopic (exact) mass is 371 g/mol. The lowest BCUT2D eigenvalue weighted by molar-refractivity contribution is -0.117. The summed E-state index contributed by atoms with van der Waals surface area (Å²) in [7, 11) is 1.75. The van der Waals surface area contributed by atoms with Crippen molar-refractivity contribution in [2.75, 3.05) is 12.4 Å². The Kier molecular flexibility index (Phi) is 5.78. The summed E-state index contributed by atoms with van der Waals surface area (Å²) in [6, 6.07) is 14.8. The van der Waals surface area contributed by atoms with E-state index in [0.29, 0.717) is 18.1 Å². The number of hydrogen-bond acceptors (Lipinski definition) is 2. The minimum atomic E-state index is -0.160. The second kappa shape index (κ2) is 8.23. The molecule has 1 aliphatic rings. The van der Waals surface area contributed by atoms with E-state index < -0.39 is 0 Å². The first-order valence-corrected chi connectivity index (χ1v) is 9.02. The van der Waals surface area contributed by atoms with Gasteiger partial charge in [-0.05, 0) is 48.2 Å². The van der Waals surface area contributed by atoms with Gasteiger partial charge in [-0.3, -0.25) is 4.79 Å². The molecule has 0 spiro atoms. The summed E-state index contributed by atoms with van der Waals surface area (Å²) < 4.78 is 0. The fourth-order valence-electron chi connectivity index (χ4n) is 2.60. The average molecular weight is 372 g/mol. The number of amides is 3. The van der Waals surface area contributed by atoms with Gasteiger partial charge in [-0.1, -0.05) is 35.9 Å². The van der Waals surface area contributed by atoms with Gasteiger partial charge in [0.05, 0.1) is 0 Å². The third-order valence-electron chi connectivity index (χ3n) is 4.27. The van der Waals surface area contributed by atoms with Gasteiger partial charge in [0, 0.05) is 36.8 Å². The topological polar surface area (TPSA) is 61.4 Å². The van der Waals surface area contributed by atoms with Crippen LogP contribution in [0.4, 0.5) is 10.5 Å². The Bertz CT molecular complexity index is 788. The van der Waals surface area contributed by atoms with Crippen molar-refractivity contribution in [3.63, 3.8) is 0 Å². The number of anilines is 1. The second-order valence-electron chi connectivity index (χ2n) is 6.61. The highest BCUT2D eigenvalue weighted by Crippen LogP contribution is 2.30. The molecule has 3 amide bonds. The molecule has 0 aliphatic heterocycles. The van der Waals surface area contributed by atoms with Crippen LogP contribution in [0.25, 0.3) is 0 Å². The normalized spacial score (nSPS) is 13.2. The van der Waals surface area contributed by atoms with Crippen LogP contribution in [0.2, 0.25) is 5.02 Å². The first kappa shape index (κ1) is 18.3. The molecule has 1 aliphatic carbocycles. The second-order valence-corrected chi connectivity index (χ2v) is 7.04. The number of carbonyl (C=O) groups is 2. The maximum atomic E-state index is 12.3. The molecule has 1 fully saturated rings. The van der Waals surface area contributed by atoms with Crippen molar-refractivity contribution in [1.82, 2.24) is 10.2 Å². The first-order chi connectivity index (χ1) is 12.5. The fraction of sp³-hybridized carbons (Fsp3) is 0.300. The summed E-state index contributed by atoms with van der Waals surface area (Å²) in [5, 5.41) is 6.49. The van der Waals surface area contributed by atoms with Crippen LogP contribution in [0.3, 0.4) is 0 Å². The number of urea groups is 1. The van der Waals surface area contributed by atoms with Gasteiger partial charge in [-0.25, -0.2) is 4.79 Å². The molecule has 6 heteroatoms. The van der Waals surface area contributed by atoms with E-state index in [4.69, 9.17) is 11.6 Å². The lowest BCUT2D eigenvalue weighted by atomic mass is 10.2. The van der Waals surface area contributed by atoms with Gasteiger partial charge in [0.2, 0.25) is 5.91 Å². The van der Waals surface area contributed by atoms with E-state index >= 15 is 0 Å². The van der Waals surface area contributed by atoms with E-state index in [9.17, 15) is 9.59 Å². The average Bonchev–Trinajstić information content (AvgIpc) is 3.47. The molecule has 0 bridgehead atoms. The quantitative estimate of drug-likeness (QED) is 0.805. The molecular weight excluding hydrogens is 350 g/mol. The molecule has 26 heavy (non-hydrogen) atoms. The number of halogens is 1. The van der Waals surface area contributed by atoms with Crippen LogP contribution >= 0.6 is 11.6 Å². The Balaban J connectivity index is 1.50. The molecule has 136 valence electrons. The predicted octanol–water partition coefficient (Wildman–Crippen LogP) is 4.03. The summed E-state index contributed by atoms with van der Waals surface area (Å²) in [5.41, 5.74) is 2.71. The zero-order chi connectivity index (χ0) is 18.5. The van der Waals surface area contributed by atoms with Crippen LogP contribution in [0.15, 0.2) is 48.5 Å². The van der Waals surface area contributed by atoms with Crippen molar-refractivity contribution in [3.05, 3.63) is 64.7 Å². The van der Waals surface area contributed by atoms with Gasteiger partial charge >= 0.3 is 6.03 Å². The molecule has 3 rings (SSSR count). The molecular formula is C20H22ClN3O2. The molecule has 0 heterocycles. The van der Waals surface area contributed by atoms with E-state index in [-0.39, 0.29) is 17.9 Å². The summed E-state index contributed by atoms with van der Waals surface area (Å²) in [6.07, 6.45) is 1.95. The molecule has 0 radical (unpaired) electrons. The molecule has 2 aromatic rings. The standard InChI is InChI=1S/C20H22ClN3O2/c1-24(13-14-5-9-17(21)10-6-14)20(26)22-12-15-3-2-4-18(11-15)23-19(25)16-7-8-16/h2-6,9-11,16H,7-8,12-13H2,1H3,(H,22,26)(H,23,25). The number of rotatable bonds is 6. The SMILES string of the molecule is CN(Cc1ccc(Cl)cc1)C(=O)NCc1cccc(NC(=O)C2CC2)c1. The van der Waals surface area contributed by atoms with Crippen LogP contribution in [-0.2, 0) is 17.9 Å². The van der Waals surface area contributed by atoms with Crippen molar-refractivity contribution < 1.29 is 9.59 Å². The maximum Gasteiger partial charge on any atom is 0.317 e. The van der Waals surface area contributed by atoms with Crippen LogP contribution in [0.5, 0.6) is 0 Å². The highest BCUT2D eigenvalue weighted by atomic mass is 35.5. The van der Waals surface area contributed by atoms with Crippen LogP contribution in [-0.4, -0.2) is 23.9 Å². The molecule has 0 saturated heterocycles. The van der Waals surface area contributed by atoms with Gasteiger partial charge in [-0.15, -0.1) is 0 Å². The molecule has 0 unspecified atom stereocenters. The zero-order valence-electron chi connectivity index (χ0n) is 14.7. The van der Waals surface area contributed by atoms with Gasteiger partial charge < -0.3 is 15.5 Å². The predicted molar refractivity (Wildman–Crippen MR) is 103 cm³/mol. The minimum Gasteiger partial charge on any atom is -0.334 e. The number of hydrogen-bond donors (Lipinski definition) is 2. The van der Waals surface area contributed by atoms with Crippen LogP contribution in [0, 0.1) is 5.92 Å². The van der Waals surface area contributed by atoms with Crippen molar-refractivity contribution >= 4 is 29.2 Å². The number of benzene rings is 2. The summed E-state index contributed by atoms with van der Waals surface area (Å²) >= 11 is 5.87. The zero-order valence-corrected chi connectivity index (χ0v) is 15.4. The van der Waals surface area contributed by atoms with Crippen molar-refractivity contribution in [2.45, 2.75) is 25.9 Å². The Morgan fingerprint density at radius 1 is 1.12 bits per heavy atom. The lowest BCUT2D eigenvalue weighted by Gasteiger charge is -2.18. The van der Waals surface area contributed by atoms with E-state index in [1.807, 2.05) is 48.5 Å². The summed E-state index contributed by atoms with van der Waals surface area (Å²) in [6.45, 7) is 0.900. The molecule has 5 nitrogen and oxygen atoms in total. The lowest BCUT2D eigenvalue weighted by Crippen LogP contribution is -2.36. The van der Waals surface area contributed by atoms with E-state index in [0.717, 1.165) is 29.7 Å². The third kappa shape index (κ3) is 5.23. The number of nitrogens with zero attached hydrogens (tertiary/aromatic N) is 1. The first-order valence-electron chi connectivity index (χ1n) is 8.64. The molecule has 2 N–H and O–H groups in total. The summed E-state index contributed by atoms with van der Waals surface area (Å²) in [5.74, 6) is 0.244. The Morgan fingerprint density at radius 2 is 1.85 bits per heavy atom. The van der Waals surface area contributed by atoms with Gasteiger partial charge in [0.25, 0.3) is 0 Å². The van der Waals surface area contributed by atoms with E-state index in [1.165, 1.54) is 0 Å². The molecule has 1 saturated carbocycles.